The Morgan fingerprint density at radius 1 is 1.19 bits per heavy atom. The number of hydrogen-bond acceptors (Lipinski definition) is 2. The summed E-state index contributed by atoms with van der Waals surface area (Å²) in [5, 5.41) is 1.01. The number of nitrogens with zero attached hydrogens (tertiary/aromatic N) is 1. The van der Waals surface area contributed by atoms with Crippen LogP contribution in [0.25, 0.3) is 10.9 Å². The third-order valence-electron chi connectivity index (χ3n) is 2.48. The summed E-state index contributed by atoms with van der Waals surface area (Å²) in [6, 6.07) is 11.1. The Balaban J connectivity index is 2.41. The predicted molar refractivity (Wildman–Crippen MR) is 64.6 cm³/mol. The fourth-order valence-electron chi connectivity index (χ4n) is 1.59. The molecule has 0 saturated heterocycles. The van der Waals surface area contributed by atoms with Crippen molar-refractivity contribution < 1.29 is 4.84 Å². The van der Waals surface area contributed by atoms with Crippen LogP contribution in [0.2, 0.25) is 0 Å². The van der Waals surface area contributed by atoms with Gasteiger partial charge in [0, 0.05) is 11.5 Å². The van der Waals surface area contributed by atoms with Crippen LogP contribution in [0, 0.1) is 0 Å². The zero-order valence-corrected chi connectivity index (χ0v) is 9.35. The van der Waals surface area contributed by atoms with Gasteiger partial charge in [0.25, 0.3) is 5.56 Å². The maximum absolute atomic E-state index is 11.7. The number of para-hydroxylation sites is 1. The topological polar surface area (TPSA) is 31.2 Å². The van der Waals surface area contributed by atoms with E-state index in [0.29, 0.717) is 6.61 Å². The van der Waals surface area contributed by atoms with E-state index in [4.69, 9.17) is 4.84 Å². The largest absolute Gasteiger partial charge is 0.410 e. The molecule has 1 heterocycles. The Morgan fingerprint density at radius 2 is 2.00 bits per heavy atom. The summed E-state index contributed by atoms with van der Waals surface area (Å²) in [5.41, 5.74) is 0.709. The number of benzene rings is 1. The Kier molecular flexibility index (Phi) is 3.25. The normalized spacial score (nSPS) is 10.6. The summed E-state index contributed by atoms with van der Waals surface area (Å²) in [6.45, 7) is 2.67. The number of rotatable bonds is 4. The van der Waals surface area contributed by atoms with E-state index < -0.39 is 0 Å². The minimum Gasteiger partial charge on any atom is -0.410 e. The van der Waals surface area contributed by atoms with Crippen molar-refractivity contribution >= 4 is 10.9 Å². The molecule has 0 radical (unpaired) electrons. The highest BCUT2D eigenvalue weighted by molar-refractivity contribution is 5.78. The SMILES string of the molecule is CCCCOn1c(=O)ccc2ccccc21. The van der Waals surface area contributed by atoms with Crippen molar-refractivity contribution in [3.05, 3.63) is 46.8 Å². The van der Waals surface area contributed by atoms with Crippen molar-refractivity contribution in [3.63, 3.8) is 0 Å². The second-order valence-corrected chi connectivity index (χ2v) is 3.71. The summed E-state index contributed by atoms with van der Waals surface area (Å²) in [7, 11) is 0. The van der Waals surface area contributed by atoms with Crippen LogP contribution < -0.4 is 10.4 Å². The lowest BCUT2D eigenvalue weighted by atomic mass is 10.2. The lowest BCUT2D eigenvalue weighted by molar-refractivity contribution is 0.109. The highest BCUT2D eigenvalue weighted by Gasteiger charge is 2.02. The summed E-state index contributed by atoms with van der Waals surface area (Å²) in [5.74, 6) is 0. The van der Waals surface area contributed by atoms with Gasteiger partial charge in [0.2, 0.25) is 0 Å². The first kappa shape index (κ1) is 10.7. The molecule has 0 saturated carbocycles. The standard InChI is InChI=1S/C13H15NO2/c1-2-3-10-16-14-12-7-5-4-6-11(12)8-9-13(14)15/h4-9H,2-3,10H2,1H3. The lowest BCUT2D eigenvalue weighted by Gasteiger charge is -2.10. The fourth-order valence-corrected chi connectivity index (χ4v) is 1.59. The van der Waals surface area contributed by atoms with Crippen molar-refractivity contribution in [2.45, 2.75) is 19.8 Å². The first-order valence-electron chi connectivity index (χ1n) is 5.57. The maximum atomic E-state index is 11.7. The van der Waals surface area contributed by atoms with E-state index in [1.54, 1.807) is 0 Å². The summed E-state index contributed by atoms with van der Waals surface area (Å²) in [6.07, 6.45) is 2.01. The first-order chi connectivity index (χ1) is 7.83. The van der Waals surface area contributed by atoms with Gasteiger partial charge in [0.05, 0.1) is 5.52 Å². The monoisotopic (exact) mass is 217 g/mol. The highest BCUT2D eigenvalue weighted by Crippen LogP contribution is 2.09. The van der Waals surface area contributed by atoms with E-state index in [-0.39, 0.29) is 5.56 Å². The lowest BCUT2D eigenvalue weighted by Crippen LogP contribution is -2.27. The Hall–Kier alpha value is -1.77. The molecular weight excluding hydrogens is 202 g/mol. The van der Waals surface area contributed by atoms with Crippen molar-refractivity contribution in [1.82, 2.24) is 4.73 Å². The van der Waals surface area contributed by atoms with Crippen LogP contribution >= 0.6 is 0 Å². The zero-order chi connectivity index (χ0) is 11.4. The molecule has 3 heteroatoms. The molecule has 1 aromatic heterocycles. The molecule has 0 fully saturated rings. The number of pyridine rings is 1. The van der Waals surface area contributed by atoms with E-state index in [1.807, 2.05) is 30.3 Å². The minimum atomic E-state index is -0.116. The molecule has 0 aliphatic rings. The molecule has 0 unspecified atom stereocenters. The van der Waals surface area contributed by atoms with Gasteiger partial charge in [-0.2, -0.15) is 0 Å². The molecule has 0 aliphatic carbocycles. The Bertz CT molecular complexity index is 531. The highest BCUT2D eigenvalue weighted by atomic mass is 16.7. The van der Waals surface area contributed by atoms with Crippen LogP contribution in [0.4, 0.5) is 0 Å². The molecule has 0 aliphatic heterocycles. The molecule has 84 valence electrons. The van der Waals surface area contributed by atoms with Crippen LogP contribution in [0.3, 0.4) is 0 Å². The smallest absolute Gasteiger partial charge is 0.283 e. The maximum Gasteiger partial charge on any atom is 0.283 e. The molecular formula is C13H15NO2. The van der Waals surface area contributed by atoms with Gasteiger partial charge in [-0.25, -0.2) is 0 Å². The van der Waals surface area contributed by atoms with Crippen LogP contribution in [0.1, 0.15) is 19.8 Å². The number of hydrogen-bond donors (Lipinski definition) is 0. The number of unbranched alkanes of at least 4 members (excludes halogenated alkanes) is 1. The summed E-state index contributed by atoms with van der Waals surface area (Å²) in [4.78, 5) is 17.2. The molecule has 0 bridgehead atoms. The second kappa shape index (κ2) is 4.84. The Labute approximate surface area is 94.2 Å². The predicted octanol–water partition coefficient (Wildman–Crippen LogP) is 2.23. The van der Waals surface area contributed by atoms with Gasteiger partial charge in [0.1, 0.15) is 6.61 Å². The quantitative estimate of drug-likeness (QED) is 0.735. The second-order valence-electron chi connectivity index (χ2n) is 3.71. The van der Waals surface area contributed by atoms with E-state index in [0.717, 1.165) is 23.7 Å². The fraction of sp³-hybridized carbons (Fsp3) is 0.308. The van der Waals surface area contributed by atoms with Gasteiger partial charge in [0.15, 0.2) is 0 Å². The van der Waals surface area contributed by atoms with Crippen LogP contribution in [0.15, 0.2) is 41.2 Å². The van der Waals surface area contributed by atoms with Crippen LogP contribution in [-0.2, 0) is 0 Å². The molecule has 16 heavy (non-hydrogen) atoms. The van der Waals surface area contributed by atoms with Gasteiger partial charge in [-0.1, -0.05) is 31.5 Å². The Morgan fingerprint density at radius 3 is 2.81 bits per heavy atom. The molecule has 0 spiro atoms. The van der Waals surface area contributed by atoms with Gasteiger partial charge in [-0.15, -0.1) is 4.73 Å². The molecule has 3 nitrogen and oxygen atoms in total. The van der Waals surface area contributed by atoms with Crippen molar-refractivity contribution in [2.24, 2.45) is 0 Å². The molecule has 2 aromatic rings. The average Bonchev–Trinajstić information content (AvgIpc) is 2.32. The van der Waals surface area contributed by atoms with E-state index in [2.05, 4.69) is 6.92 Å². The van der Waals surface area contributed by atoms with E-state index >= 15 is 0 Å². The molecule has 0 amide bonds. The van der Waals surface area contributed by atoms with Gasteiger partial charge >= 0.3 is 0 Å². The summed E-state index contributed by atoms with van der Waals surface area (Å²) < 4.78 is 1.38. The van der Waals surface area contributed by atoms with Gasteiger partial charge in [-0.05, 0) is 18.6 Å². The van der Waals surface area contributed by atoms with Gasteiger partial charge < -0.3 is 4.84 Å². The molecule has 0 atom stereocenters. The third-order valence-corrected chi connectivity index (χ3v) is 2.48. The van der Waals surface area contributed by atoms with E-state index in [9.17, 15) is 4.79 Å². The van der Waals surface area contributed by atoms with Crippen LogP contribution in [0.5, 0.6) is 0 Å². The number of fused-ring (bicyclic) bond motifs is 1. The molecule has 1 aromatic carbocycles. The van der Waals surface area contributed by atoms with Crippen LogP contribution in [-0.4, -0.2) is 11.3 Å². The number of aromatic nitrogens is 1. The summed E-state index contributed by atoms with van der Waals surface area (Å²) >= 11 is 0. The molecule has 2 rings (SSSR count). The van der Waals surface area contributed by atoms with E-state index in [1.165, 1.54) is 10.8 Å². The van der Waals surface area contributed by atoms with Crippen molar-refractivity contribution in [1.29, 1.82) is 0 Å². The van der Waals surface area contributed by atoms with Crippen molar-refractivity contribution in [3.8, 4) is 0 Å². The molecule has 0 N–H and O–H groups in total. The third kappa shape index (κ3) is 2.08. The van der Waals surface area contributed by atoms with Crippen molar-refractivity contribution in [2.75, 3.05) is 6.61 Å². The average molecular weight is 217 g/mol. The first-order valence-corrected chi connectivity index (χ1v) is 5.57. The van der Waals surface area contributed by atoms with Gasteiger partial charge in [-0.3, -0.25) is 4.79 Å². The zero-order valence-electron chi connectivity index (χ0n) is 9.35. The minimum absolute atomic E-state index is 0.116.